The summed E-state index contributed by atoms with van der Waals surface area (Å²) >= 11 is 0. The Kier molecular flexibility index (Phi) is 4.41. The quantitative estimate of drug-likeness (QED) is 0.788. The van der Waals surface area contributed by atoms with E-state index in [0.29, 0.717) is 26.1 Å². The fourth-order valence-electron chi connectivity index (χ4n) is 2.56. The van der Waals surface area contributed by atoms with Gasteiger partial charge in [0.25, 0.3) is 0 Å². The van der Waals surface area contributed by atoms with Crippen LogP contribution in [-0.4, -0.2) is 57.4 Å². The van der Waals surface area contributed by atoms with Crippen LogP contribution in [0.3, 0.4) is 0 Å². The SMILES string of the molecule is CN(C1CCCNC1)S(=O)(=O)C1CCOCC1. The topological polar surface area (TPSA) is 58.6 Å². The molecule has 0 aromatic rings. The number of likely N-dealkylation sites (N-methyl/N-ethyl adjacent to an activating group) is 1. The molecule has 1 N–H and O–H groups in total. The van der Waals surface area contributed by atoms with E-state index < -0.39 is 10.0 Å². The molecule has 100 valence electrons. The molecule has 0 aromatic heterocycles. The van der Waals surface area contributed by atoms with Gasteiger partial charge in [0.15, 0.2) is 0 Å². The molecule has 2 fully saturated rings. The van der Waals surface area contributed by atoms with Gasteiger partial charge in [-0.3, -0.25) is 0 Å². The average Bonchev–Trinajstić information content (AvgIpc) is 2.40. The third kappa shape index (κ3) is 2.99. The van der Waals surface area contributed by atoms with Gasteiger partial charge in [-0.15, -0.1) is 0 Å². The van der Waals surface area contributed by atoms with Crippen molar-refractivity contribution in [3.8, 4) is 0 Å². The van der Waals surface area contributed by atoms with E-state index in [2.05, 4.69) is 5.32 Å². The minimum Gasteiger partial charge on any atom is -0.381 e. The molecule has 2 aliphatic rings. The molecule has 2 saturated heterocycles. The Labute approximate surface area is 104 Å². The van der Waals surface area contributed by atoms with Gasteiger partial charge in [-0.05, 0) is 32.2 Å². The maximum absolute atomic E-state index is 12.4. The number of hydrogen-bond donors (Lipinski definition) is 1. The van der Waals surface area contributed by atoms with Crippen molar-refractivity contribution < 1.29 is 13.2 Å². The van der Waals surface area contributed by atoms with Crippen molar-refractivity contribution in [2.24, 2.45) is 0 Å². The third-order valence-corrected chi connectivity index (χ3v) is 6.19. The average molecular weight is 262 g/mol. The number of nitrogens with one attached hydrogen (secondary N) is 1. The molecule has 2 rings (SSSR count). The predicted octanol–water partition coefficient (Wildman–Crippen LogP) is 0.179. The van der Waals surface area contributed by atoms with Crippen LogP contribution >= 0.6 is 0 Å². The Morgan fingerprint density at radius 3 is 2.53 bits per heavy atom. The highest BCUT2D eigenvalue weighted by Crippen LogP contribution is 2.22. The van der Waals surface area contributed by atoms with Crippen molar-refractivity contribution in [3.63, 3.8) is 0 Å². The first kappa shape index (κ1) is 13.3. The second-order valence-corrected chi connectivity index (χ2v) is 7.15. The molecular formula is C11H22N2O3S. The fourth-order valence-corrected chi connectivity index (χ4v) is 4.41. The summed E-state index contributed by atoms with van der Waals surface area (Å²) in [4.78, 5) is 0. The Morgan fingerprint density at radius 2 is 1.94 bits per heavy atom. The monoisotopic (exact) mass is 262 g/mol. The first-order valence-electron chi connectivity index (χ1n) is 6.37. The van der Waals surface area contributed by atoms with Gasteiger partial charge in [-0.2, -0.15) is 0 Å². The Balaban J connectivity index is 2.02. The van der Waals surface area contributed by atoms with Crippen LogP contribution in [0, 0.1) is 0 Å². The zero-order valence-electron chi connectivity index (χ0n) is 10.4. The van der Waals surface area contributed by atoms with Crippen LogP contribution in [-0.2, 0) is 14.8 Å². The molecule has 1 atom stereocenters. The summed E-state index contributed by atoms with van der Waals surface area (Å²) in [5.41, 5.74) is 0. The van der Waals surface area contributed by atoms with E-state index in [0.717, 1.165) is 25.9 Å². The predicted molar refractivity (Wildman–Crippen MR) is 66.4 cm³/mol. The zero-order valence-corrected chi connectivity index (χ0v) is 11.2. The summed E-state index contributed by atoms with van der Waals surface area (Å²) in [5, 5.41) is 3.01. The smallest absolute Gasteiger partial charge is 0.217 e. The van der Waals surface area contributed by atoms with E-state index in [1.165, 1.54) is 0 Å². The van der Waals surface area contributed by atoms with Crippen LogP contribution in [0.2, 0.25) is 0 Å². The lowest BCUT2D eigenvalue weighted by molar-refractivity contribution is 0.0969. The summed E-state index contributed by atoms with van der Waals surface area (Å²) in [5.74, 6) is 0. The molecule has 0 spiro atoms. The molecule has 0 saturated carbocycles. The summed E-state index contributed by atoms with van der Waals surface area (Å²) in [6.07, 6.45) is 3.28. The van der Waals surface area contributed by atoms with Crippen molar-refractivity contribution in [3.05, 3.63) is 0 Å². The van der Waals surface area contributed by atoms with Crippen LogP contribution in [0.4, 0.5) is 0 Å². The lowest BCUT2D eigenvalue weighted by atomic mass is 10.1. The van der Waals surface area contributed by atoms with E-state index in [4.69, 9.17) is 4.74 Å². The van der Waals surface area contributed by atoms with Crippen LogP contribution < -0.4 is 5.32 Å². The molecule has 6 heteroatoms. The van der Waals surface area contributed by atoms with Gasteiger partial charge >= 0.3 is 0 Å². The Morgan fingerprint density at radius 1 is 1.24 bits per heavy atom. The summed E-state index contributed by atoms with van der Waals surface area (Å²) in [6, 6.07) is 0.122. The first-order valence-corrected chi connectivity index (χ1v) is 7.88. The molecule has 0 radical (unpaired) electrons. The largest absolute Gasteiger partial charge is 0.381 e. The second kappa shape index (κ2) is 5.65. The van der Waals surface area contributed by atoms with E-state index in [1.807, 2.05) is 0 Å². The number of sulfonamides is 1. The molecule has 1 unspecified atom stereocenters. The molecule has 0 aliphatic carbocycles. The van der Waals surface area contributed by atoms with Gasteiger partial charge in [0.1, 0.15) is 0 Å². The molecule has 0 bridgehead atoms. The molecule has 0 amide bonds. The van der Waals surface area contributed by atoms with E-state index in [1.54, 1.807) is 11.4 Å². The normalized spacial score (nSPS) is 28.5. The highest BCUT2D eigenvalue weighted by Gasteiger charge is 2.35. The third-order valence-electron chi connectivity index (χ3n) is 3.78. The van der Waals surface area contributed by atoms with E-state index >= 15 is 0 Å². The number of nitrogens with zero attached hydrogens (tertiary/aromatic N) is 1. The van der Waals surface area contributed by atoms with Crippen molar-refractivity contribution in [2.45, 2.75) is 37.0 Å². The van der Waals surface area contributed by atoms with Crippen molar-refractivity contribution >= 4 is 10.0 Å². The Bertz CT molecular complexity index is 333. The van der Waals surface area contributed by atoms with Crippen LogP contribution in [0.1, 0.15) is 25.7 Å². The number of piperidine rings is 1. The molecule has 0 aromatic carbocycles. The lowest BCUT2D eigenvalue weighted by Gasteiger charge is -2.34. The number of rotatable bonds is 3. The first-order chi connectivity index (χ1) is 8.12. The van der Waals surface area contributed by atoms with Crippen molar-refractivity contribution in [1.82, 2.24) is 9.62 Å². The molecule has 2 aliphatic heterocycles. The van der Waals surface area contributed by atoms with E-state index in [-0.39, 0.29) is 11.3 Å². The summed E-state index contributed by atoms with van der Waals surface area (Å²) < 4.78 is 31.7. The standard InChI is InChI=1S/C11H22N2O3S/c1-13(10-3-2-6-12-9-10)17(14,15)11-4-7-16-8-5-11/h10-12H,2-9H2,1H3. The molecule has 17 heavy (non-hydrogen) atoms. The van der Waals surface area contributed by atoms with Crippen LogP contribution in [0.15, 0.2) is 0 Å². The minimum absolute atomic E-state index is 0.122. The molecule has 5 nitrogen and oxygen atoms in total. The Hall–Kier alpha value is -0.170. The maximum Gasteiger partial charge on any atom is 0.217 e. The summed E-state index contributed by atoms with van der Waals surface area (Å²) in [6.45, 7) is 2.92. The van der Waals surface area contributed by atoms with Gasteiger partial charge in [-0.25, -0.2) is 12.7 Å². The van der Waals surface area contributed by atoms with E-state index in [9.17, 15) is 8.42 Å². The molecule has 2 heterocycles. The summed E-state index contributed by atoms with van der Waals surface area (Å²) in [7, 11) is -1.42. The zero-order chi connectivity index (χ0) is 12.3. The highest BCUT2D eigenvalue weighted by molar-refractivity contribution is 7.89. The lowest BCUT2D eigenvalue weighted by Crippen LogP contribution is -2.50. The van der Waals surface area contributed by atoms with Crippen molar-refractivity contribution in [1.29, 1.82) is 0 Å². The highest BCUT2D eigenvalue weighted by atomic mass is 32.2. The fraction of sp³-hybridized carbons (Fsp3) is 1.00. The number of hydrogen-bond acceptors (Lipinski definition) is 4. The minimum atomic E-state index is -3.15. The van der Waals surface area contributed by atoms with Gasteiger partial charge in [0, 0.05) is 32.8 Å². The van der Waals surface area contributed by atoms with Crippen molar-refractivity contribution in [2.75, 3.05) is 33.4 Å². The van der Waals surface area contributed by atoms with Crippen LogP contribution in [0.25, 0.3) is 0 Å². The van der Waals surface area contributed by atoms with Gasteiger partial charge in [0.05, 0.1) is 5.25 Å². The maximum atomic E-state index is 12.4. The molecular weight excluding hydrogens is 240 g/mol. The van der Waals surface area contributed by atoms with Gasteiger partial charge < -0.3 is 10.1 Å². The van der Waals surface area contributed by atoms with Gasteiger partial charge in [-0.1, -0.05) is 0 Å². The van der Waals surface area contributed by atoms with Gasteiger partial charge in [0.2, 0.25) is 10.0 Å². The number of ether oxygens (including phenoxy) is 1. The van der Waals surface area contributed by atoms with Crippen LogP contribution in [0.5, 0.6) is 0 Å². The second-order valence-electron chi connectivity index (χ2n) is 4.87.